The minimum Gasteiger partial charge on any atom is -0.508 e. The molecule has 1 aliphatic heterocycles. The Balaban J connectivity index is 1.57. The van der Waals surface area contributed by atoms with Gasteiger partial charge in [0.1, 0.15) is 5.75 Å². The molecule has 1 aliphatic rings. The molecule has 30 heavy (non-hydrogen) atoms. The molecule has 0 amide bonds. The molecule has 0 aliphatic carbocycles. The van der Waals surface area contributed by atoms with Gasteiger partial charge >= 0.3 is 0 Å². The Morgan fingerprint density at radius 3 is 2.13 bits per heavy atom. The zero-order valence-corrected chi connectivity index (χ0v) is 16.2. The van der Waals surface area contributed by atoms with E-state index in [1.807, 2.05) is 60.7 Å². The number of rotatable bonds is 3. The summed E-state index contributed by atoms with van der Waals surface area (Å²) in [5.41, 5.74) is 7.62. The molecule has 2 N–H and O–H groups in total. The molecule has 144 valence electrons. The molecule has 0 bridgehead atoms. The first-order chi connectivity index (χ1) is 14.8. The minimum absolute atomic E-state index is 0.237. The smallest absolute Gasteiger partial charge is 0.115 e. The molecule has 0 spiro atoms. The number of pyridine rings is 1. The van der Waals surface area contributed by atoms with Crippen molar-refractivity contribution >= 4 is 22.8 Å². The maximum absolute atomic E-state index is 9.65. The van der Waals surface area contributed by atoms with Crippen LogP contribution in [0.3, 0.4) is 0 Å². The summed E-state index contributed by atoms with van der Waals surface area (Å²) in [6.45, 7) is 0. The van der Waals surface area contributed by atoms with Gasteiger partial charge in [-0.2, -0.15) is 0 Å². The fraction of sp³-hybridized carbons (Fsp3) is 0. The number of aliphatic imine (C=N–C) groups is 1. The number of hydrogen-bond donors (Lipinski definition) is 2. The largest absolute Gasteiger partial charge is 0.508 e. The zero-order chi connectivity index (χ0) is 20.3. The van der Waals surface area contributed by atoms with Gasteiger partial charge in [-0.3, -0.25) is 4.98 Å². The molecular formula is C26H19N3O. The van der Waals surface area contributed by atoms with Gasteiger partial charge in [0.15, 0.2) is 0 Å². The van der Waals surface area contributed by atoms with Gasteiger partial charge in [-0.25, -0.2) is 4.99 Å². The minimum atomic E-state index is 0.237. The highest BCUT2D eigenvalue weighted by atomic mass is 16.3. The van der Waals surface area contributed by atoms with Crippen molar-refractivity contribution in [1.29, 1.82) is 0 Å². The van der Waals surface area contributed by atoms with Crippen LogP contribution in [0, 0.1) is 0 Å². The molecular weight excluding hydrogens is 370 g/mol. The van der Waals surface area contributed by atoms with Crippen LogP contribution in [0.4, 0.5) is 11.4 Å². The Morgan fingerprint density at radius 2 is 1.37 bits per heavy atom. The lowest BCUT2D eigenvalue weighted by Crippen LogP contribution is -2.01. The van der Waals surface area contributed by atoms with Crippen LogP contribution in [0.15, 0.2) is 108 Å². The predicted molar refractivity (Wildman–Crippen MR) is 122 cm³/mol. The highest BCUT2D eigenvalue weighted by molar-refractivity contribution is 6.15. The first-order valence-corrected chi connectivity index (χ1v) is 9.74. The number of allylic oxidation sites excluding steroid dienone is 1. The number of nitrogens with zero attached hydrogens (tertiary/aromatic N) is 2. The van der Waals surface area contributed by atoms with Crippen molar-refractivity contribution in [2.45, 2.75) is 0 Å². The third-order valence-electron chi connectivity index (χ3n) is 5.01. The molecule has 4 aromatic rings. The molecule has 4 nitrogen and oxygen atoms in total. The van der Waals surface area contributed by atoms with E-state index in [0.717, 1.165) is 45.2 Å². The van der Waals surface area contributed by atoms with E-state index in [1.165, 1.54) is 0 Å². The standard InChI is InChI=1S/C26H19N3O/c30-21-14-12-20(13-15-21)26-17-25(28-23-6-1-2-7-24(23)29-26)19-10-8-18(9-11-19)22-5-3-4-16-27-22/h1-17,28,30H. The Kier molecular flexibility index (Phi) is 4.58. The fourth-order valence-electron chi connectivity index (χ4n) is 3.45. The van der Waals surface area contributed by atoms with E-state index in [0.29, 0.717) is 0 Å². The van der Waals surface area contributed by atoms with Crippen molar-refractivity contribution in [2.24, 2.45) is 4.99 Å². The average molecular weight is 389 g/mol. The highest BCUT2D eigenvalue weighted by Crippen LogP contribution is 2.33. The topological polar surface area (TPSA) is 57.5 Å². The zero-order valence-electron chi connectivity index (χ0n) is 16.2. The lowest BCUT2D eigenvalue weighted by molar-refractivity contribution is 0.475. The summed E-state index contributed by atoms with van der Waals surface area (Å²) < 4.78 is 0. The van der Waals surface area contributed by atoms with Gasteiger partial charge in [0.25, 0.3) is 0 Å². The van der Waals surface area contributed by atoms with Crippen molar-refractivity contribution in [2.75, 3.05) is 5.32 Å². The maximum atomic E-state index is 9.65. The van der Waals surface area contributed by atoms with E-state index in [2.05, 4.69) is 34.6 Å². The van der Waals surface area contributed by atoms with Crippen LogP contribution in [0.5, 0.6) is 5.75 Å². The third-order valence-corrected chi connectivity index (χ3v) is 5.01. The number of hydrogen-bond acceptors (Lipinski definition) is 4. The van der Waals surface area contributed by atoms with Gasteiger partial charge in [-0.1, -0.05) is 42.5 Å². The highest BCUT2D eigenvalue weighted by Gasteiger charge is 2.14. The van der Waals surface area contributed by atoms with Crippen LogP contribution in [0.25, 0.3) is 17.0 Å². The van der Waals surface area contributed by atoms with Crippen molar-refractivity contribution in [3.05, 3.63) is 114 Å². The number of aromatic hydroxyl groups is 1. The van der Waals surface area contributed by atoms with Gasteiger partial charge in [0, 0.05) is 23.0 Å². The molecule has 3 aromatic carbocycles. The van der Waals surface area contributed by atoms with Gasteiger partial charge in [-0.15, -0.1) is 0 Å². The second-order valence-corrected chi connectivity index (χ2v) is 7.04. The van der Waals surface area contributed by atoms with Crippen LogP contribution < -0.4 is 5.32 Å². The van der Waals surface area contributed by atoms with E-state index in [1.54, 1.807) is 18.3 Å². The fourth-order valence-corrected chi connectivity index (χ4v) is 3.45. The van der Waals surface area contributed by atoms with E-state index >= 15 is 0 Å². The Hall–Kier alpha value is -4.18. The van der Waals surface area contributed by atoms with E-state index in [-0.39, 0.29) is 5.75 Å². The van der Waals surface area contributed by atoms with E-state index in [9.17, 15) is 5.11 Å². The summed E-state index contributed by atoms with van der Waals surface area (Å²) in [5.74, 6) is 0.237. The number of phenolic OH excluding ortho intramolecular Hbond substituents is 1. The average Bonchev–Trinajstić information content (AvgIpc) is 3.00. The SMILES string of the molecule is Oc1ccc(C2=Nc3ccccc3NC(c3ccc(-c4ccccn4)cc3)=C2)cc1. The van der Waals surface area contributed by atoms with Crippen LogP contribution in [-0.4, -0.2) is 15.8 Å². The Labute approximate surface area is 174 Å². The molecule has 0 unspecified atom stereocenters. The number of nitrogens with one attached hydrogen (secondary N) is 1. The Bertz CT molecular complexity index is 1240. The maximum Gasteiger partial charge on any atom is 0.115 e. The van der Waals surface area contributed by atoms with Crippen molar-refractivity contribution in [1.82, 2.24) is 4.98 Å². The van der Waals surface area contributed by atoms with Gasteiger partial charge in [0.05, 0.1) is 22.8 Å². The molecule has 0 saturated heterocycles. The van der Waals surface area contributed by atoms with Crippen molar-refractivity contribution < 1.29 is 5.11 Å². The normalized spacial score (nSPS) is 12.8. The van der Waals surface area contributed by atoms with Gasteiger partial charge in [0.2, 0.25) is 0 Å². The summed E-state index contributed by atoms with van der Waals surface area (Å²) in [6.07, 6.45) is 3.85. The van der Waals surface area contributed by atoms with E-state index < -0.39 is 0 Å². The molecule has 0 saturated carbocycles. The second-order valence-electron chi connectivity index (χ2n) is 7.04. The van der Waals surface area contributed by atoms with Crippen molar-refractivity contribution in [3.8, 4) is 17.0 Å². The van der Waals surface area contributed by atoms with Crippen molar-refractivity contribution in [3.63, 3.8) is 0 Å². The number of phenols is 1. The number of para-hydroxylation sites is 2. The van der Waals surface area contributed by atoms with Gasteiger partial charge < -0.3 is 10.4 Å². The molecule has 2 heterocycles. The molecule has 0 fully saturated rings. The quantitative estimate of drug-likeness (QED) is 0.449. The molecule has 4 heteroatoms. The lowest BCUT2D eigenvalue weighted by atomic mass is 10.0. The van der Waals surface area contributed by atoms with Crippen LogP contribution in [0.1, 0.15) is 11.1 Å². The first-order valence-electron chi connectivity index (χ1n) is 9.74. The summed E-state index contributed by atoms with van der Waals surface area (Å²) in [7, 11) is 0. The Morgan fingerprint density at radius 1 is 0.667 bits per heavy atom. The third kappa shape index (κ3) is 3.59. The van der Waals surface area contributed by atoms with Crippen LogP contribution in [-0.2, 0) is 0 Å². The molecule has 1 aromatic heterocycles. The summed E-state index contributed by atoms with van der Waals surface area (Å²) in [5, 5.41) is 13.2. The second kappa shape index (κ2) is 7.68. The predicted octanol–water partition coefficient (Wildman–Crippen LogP) is 6.04. The summed E-state index contributed by atoms with van der Waals surface area (Å²) >= 11 is 0. The molecule has 0 atom stereocenters. The first kappa shape index (κ1) is 17.9. The monoisotopic (exact) mass is 389 g/mol. The summed E-state index contributed by atoms with van der Waals surface area (Å²) in [4.78, 5) is 9.29. The molecule has 5 rings (SSSR count). The van der Waals surface area contributed by atoms with E-state index in [4.69, 9.17) is 4.99 Å². The number of aromatic nitrogens is 1. The van der Waals surface area contributed by atoms with Crippen LogP contribution in [0.2, 0.25) is 0 Å². The van der Waals surface area contributed by atoms with Crippen LogP contribution >= 0.6 is 0 Å². The van der Waals surface area contributed by atoms with Gasteiger partial charge in [-0.05, 0) is 60.2 Å². The number of fused-ring (bicyclic) bond motifs is 1. The lowest BCUT2D eigenvalue weighted by Gasteiger charge is -2.12. The number of anilines is 1. The summed E-state index contributed by atoms with van der Waals surface area (Å²) in [6, 6.07) is 29.3. The number of benzene rings is 3. The molecule has 0 radical (unpaired) electrons.